The number of imidazole rings is 1. The fourth-order valence-electron chi connectivity index (χ4n) is 2.49. The van der Waals surface area contributed by atoms with Crippen LogP contribution in [0.1, 0.15) is 35.8 Å². The van der Waals surface area contributed by atoms with Crippen LogP contribution in [0.3, 0.4) is 0 Å². The van der Waals surface area contributed by atoms with Crippen LogP contribution in [-0.2, 0) is 6.42 Å². The summed E-state index contributed by atoms with van der Waals surface area (Å²) in [5.41, 5.74) is 1.93. The zero-order valence-corrected chi connectivity index (χ0v) is 10.7. The maximum Gasteiger partial charge on any atom is 0.391 e. The minimum absolute atomic E-state index is 0.0900. The fourth-order valence-corrected chi connectivity index (χ4v) is 2.49. The number of rotatable bonds is 3. The predicted octanol–water partition coefficient (Wildman–Crippen LogP) is 3.45. The van der Waals surface area contributed by atoms with Gasteiger partial charge >= 0.3 is 6.18 Å². The first-order valence-electron chi connectivity index (χ1n) is 6.52. The lowest BCUT2D eigenvalue weighted by atomic mass is 9.74. The minimum atomic E-state index is -4.07. The highest BCUT2D eigenvalue weighted by Crippen LogP contribution is 2.48. The molecule has 6 heteroatoms. The van der Waals surface area contributed by atoms with Crippen molar-refractivity contribution in [3.63, 3.8) is 0 Å². The molecule has 1 N–H and O–H groups in total. The third-order valence-corrected chi connectivity index (χ3v) is 3.77. The van der Waals surface area contributed by atoms with Crippen LogP contribution >= 0.6 is 0 Å². The summed E-state index contributed by atoms with van der Waals surface area (Å²) in [5.74, 6) is -0.580. The molecule has 1 aliphatic rings. The van der Waals surface area contributed by atoms with E-state index in [0.717, 1.165) is 11.3 Å². The molecule has 2 aromatic heterocycles. The van der Waals surface area contributed by atoms with Crippen LogP contribution in [0.2, 0.25) is 0 Å². The van der Waals surface area contributed by atoms with Crippen LogP contribution in [-0.4, -0.2) is 21.1 Å². The molecule has 0 aromatic carbocycles. The minimum Gasteiger partial charge on any atom is -0.348 e. The fraction of sp³-hybridized carbons (Fsp3) is 0.429. The second-order valence-corrected chi connectivity index (χ2v) is 5.22. The Balaban J connectivity index is 1.61. The summed E-state index contributed by atoms with van der Waals surface area (Å²) in [4.78, 5) is 11.3. The lowest BCUT2D eigenvalue weighted by Crippen LogP contribution is -2.34. The molecule has 0 spiro atoms. The van der Waals surface area contributed by atoms with Gasteiger partial charge in [0.25, 0.3) is 0 Å². The number of aromatic amines is 1. The molecule has 0 aliphatic heterocycles. The summed E-state index contributed by atoms with van der Waals surface area (Å²) in [6, 6.07) is 3.80. The average Bonchev–Trinajstić information content (AvgIpc) is 2.75. The van der Waals surface area contributed by atoms with Crippen LogP contribution < -0.4 is 0 Å². The molecule has 3 nitrogen and oxygen atoms in total. The van der Waals surface area contributed by atoms with Gasteiger partial charge in [0.15, 0.2) is 0 Å². The Labute approximate surface area is 114 Å². The van der Waals surface area contributed by atoms with Gasteiger partial charge in [-0.3, -0.25) is 4.98 Å². The number of alkyl halides is 3. The second kappa shape index (κ2) is 4.92. The molecule has 2 aromatic rings. The molecular formula is C14H14F3N3. The summed E-state index contributed by atoms with van der Waals surface area (Å²) >= 11 is 0. The summed E-state index contributed by atoms with van der Waals surface area (Å²) in [6.45, 7) is 0. The highest BCUT2D eigenvalue weighted by atomic mass is 19.4. The number of aromatic nitrogens is 3. The first kappa shape index (κ1) is 13.1. The maximum atomic E-state index is 12.4. The topological polar surface area (TPSA) is 41.6 Å². The summed E-state index contributed by atoms with van der Waals surface area (Å²) in [5, 5.41) is 0. The van der Waals surface area contributed by atoms with Gasteiger partial charge in [0.2, 0.25) is 0 Å². The van der Waals surface area contributed by atoms with E-state index in [1.54, 1.807) is 18.6 Å². The highest BCUT2D eigenvalue weighted by molar-refractivity contribution is 5.19. The molecule has 1 aliphatic carbocycles. The Morgan fingerprint density at radius 3 is 2.55 bits per heavy atom. The zero-order valence-electron chi connectivity index (χ0n) is 10.7. The van der Waals surface area contributed by atoms with Crippen molar-refractivity contribution in [2.45, 2.75) is 31.4 Å². The smallest absolute Gasteiger partial charge is 0.348 e. The molecule has 0 amide bonds. The van der Waals surface area contributed by atoms with E-state index in [1.165, 1.54) is 0 Å². The number of hydrogen-bond donors (Lipinski definition) is 1. The third-order valence-electron chi connectivity index (χ3n) is 3.77. The molecule has 20 heavy (non-hydrogen) atoms. The SMILES string of the molecule is FC(F)(F)[C@H]1C[C@H](c2nc(Cc3ccncc3)c[nH]2)C1. The van der Waals surface area contributed by atoms with E-state index in [9.17, 15) is 13.2 Å². The van der Waals surface area contributed by atoms with E-state index in [2.05, 4.69) is 15.0 Å². The van der Waals surface area contributed by atoms with Gasteiger partial charge in [-0.25, -0.2) is 4.98 Å². The molecule has 0 saturated heterocycles. The number of pyridine rings is 1. The monoisotopic (exact) mass is 281 g/mol. The Kier molecular flexibility index (Phi) is 3.23. The van der Waals surface area contributed by atoms with Crippen LogP contribution in [0.4, 0.5) is 13.2 Å². The first-order chi connectivity index (χ1) is 9.52. The predicted molar refractivity (Wildman–Crippen MR) is 67.2 cm³/mol. The lowest BCUT2D eigenvalue weighted by Gasteiger charge is -2.35. The van der Waals surface area contributed by atoms with Crippen molar-refractivity contribution in [3.05, 3.63) is 47.8 Å². The largest absolute Gasteiger partial charge is 0.391 e. The molecule has 1 saturated carbocycles. The molecule has 0 unspecified atom stereocenters. The van der Waals surface area contributed by atoms with E-state index in [4.69, 9.17) is 0 Å². The third kappa shape index (κ3) is 2.69. The molecule has 2 heterocycles. The highest BCUT2D eigenvalue weighted by Gasteiger charge is 2.48. The van der Waals surface area contributed by atoms with Crippen molar-refractivity contribution in [2.24, 2.45) is 5.92 Å². The number of nitrogens with one attached hydrogen (secondary N) is 1. The molecular weight excluding hydrogens is 267 g/mol. The maximum absolute atomic E-state index is 12.4. The van der Waals surface area contributed by atoms with Crippen LogP contribution in [0, 0.1) is 5.92 Å². The van der Waals surface area contributed by atoms with Crippen molar-refractivity contribution in [1.82, 2.24) is 15.0 Å². The molecule has 3 rings (SSSR count). The van der Waals surface area contributed by atoms with Crippen LogP contribution in [0.25, 0.3) is 0 Å². The van der Waals surface area contributed by atoms with Crippen molar-refractivity contribution in [3.8, 4) is 0 Å². The van der Waals surface area contributed by atoms with E-state index in [-0.39, 0.29) is 18.8 Å². The summed E-state index contributed by atoms with van der Waals surface area (Å²) < 4.78 is 37.3. The number of halogens is 3. The van der Waals surface area contributed by atoms with Crippen molar-refractivity contribution < 1.29 is 13.2 Å². The van der Waals surface area contributed by atoms with Gasteiger partial charge in [-0.15, -0.1) is 0 Å². The van der Waals surface area contributed by atoms with Gasteiger partial charge in [-0.2, -0.15) is 13.2 Å². The summed E-state index contributed by atoms with van der Waals surface area (Å²) in [7, 11) is 0. The van der Waals surface area contributed by atoms with Crippen LogP contribution in [0.15, 0.2) is 30.7 Å². The average molecular weight is 281 g/mol. The standard InChI is InChI=1S/C14H14F3N3/c15-14(16,17)11-6-10(7-11)13-19-8-12(20-13)5-9-1-3-18-4-2-9/h1-4,8,10-11H,5-7H2,(H,19,20)/t10-,11-. The van der Waals surface area contributed by atoms with Gasteiger partial charge in [-0.05, 0) is 30.5 Å². The molecule has 106 valence electrons. The van der Waals surface area contributed by atoms with Crippen molar-refractivity contribution >= 4 is 0 Å². The number of hydrogen-bond acceptors (Lipinski definition) is 2. The van der Waals surface area contributed by atoms with E-state index in [1.807, 2.05) is 12.1 Å². The van der Waals surface area contributed by atoms with E-state index < -0.39 is 12.1 Å². The van der Waals surface area contributed by atoms with Crippen molar-refractivity contribution in [2.75, 3.05) is 0 Å². The normalized spacial score (nSPS) is 22.6. The van der Waals surface area contributed by atoms with Gasteiger partial charge in [0.1, 0.15) is 5.82 Å². The molecule has 0 atom stereocenters. The lowest BCUT2D eigenvalue weighted by molar-refractivity contribution is -0.198. The number of H-pyrrole nitrogens is 1. The van der Waals surface area contributed by atoms with Gasteiger partial charge in [0, 0.05) is 30.9 Å². The van der Waals surface area contributed by atoms with Gasteiger partial charge in [-0.1, -0.05) is 0 Å². The van der Waals surface area contributed by atoms with Gasteiger partial charge in [0.05, 0.1) is 11.6 Å². The number of nitrogens with zero attached hydrogens (tertiary/aromatic N) is 2. The van der Waals surface area contributed by atoms with Gasteiger partial charge < -0.3 is 4.98 Å². The molecule has 1 fully saturated rings. The Bertz CT molecular complexity index is 571. The first-order valence-corrected chi connectivity index (χ1v) is 6.52. The molecule has 0 bridgehead atoms. The van der Waals surface area contributed by atoms with E-state index in [0.29, 0.717) is 12.2 Å². The Morgan fingerprint density at radius 2 is 1.90 bits per heavy atom. The van der Waals surface area contributed by atoms with Crippen molar-refractivity contribution in [1.29, 1.82) is 0 Å². The summed E-state index contributed by atoms with van der Waals surface area (Å²) in [6.07, 6.45) is 2.08. The quantitative estimate of drug-likeness (QED) is 0.936. The molecule has 0 radical (unpaired) electrons. The Morgan fingerprint density at radius 1 is 1.20 bits per heavy atom. The van der Waals surface area contributed by atoms with E-state index >= 15 is 0 Å². The Hall–Kier alpha value is -1.85. The zero-order chi connectivity index (χ0) is 14.2. The van der Waals surface area contributed by atoms with Crippen LogP contribution in [0.5, 0.6) is 0 Å². The second-order valence-electron chi connectivity index (χ2n) is 5.22.